The van der Waals surface area contributed by atoms with E-state index in [2.05, 4.69) is 17.0 Å². The summed E-state index contributed by atoms with van der Waals surface area (Å²) in [6.07, 6.45) is 0. The largest absolute Gasteiger partial charge is 0.490 e. The molecule has 0 aliphatic heterocycles. The molecule has 28 valence electrons. The first kappa shape index (κ1) is 4.89. The van der Waals surface area contributed by atoms with Crippen molar-refractivity contribution >= 4 is 17.3 Å². The van der Waals surface area contributed by atoms with Crippen LogP contribution in [-0.4, -0.2) is 12.2 Å². The van der Waals surface area contributed by atoms with E-state index in [1.165, 1.54) is 7.11 Å². The van der Waals surface area contributed by atoms with Crippen LogP contribution in [0.1, 0.15) is 0 Å². The molecule has 0 aromatic carbocycles. The predicted octanol–water partition coefficient (Wildman–Crippen LogP) is 0.671. The van der Waals surface area contributed by atoms with Crippen molar-refractivity contribution in [2.24, 2.45) is 0 Å². The summed E-state index contributed by atoms with van der Waals surface area (Å²) in [6.45, 7) is 4.80. The minimum atomic E-state index is 0.0880. The van der Waals surface area contributed by atoms with E-state index < -0.39 is 0 Å². The molecule has 5 heavy (non-hydrogen) atoms. The van der Waals surface area contributed by atoms with E-state index in [1.54, 1.807) is 0 Å². The third-order valence-corrected chi connectivity index (χ3v) is 0.368. The van der Waals surface area contributed by atoms with Crippen molar-refractivity contribution in [3.63, 3.8) is 0 Å². The van der Waals surface area contributed by atoms with Crippen LogP contribution in [0.2, 0.25) is 0 Å². The van der Waals surface area contributed by atoms with Crippen molar-refractivity contribution in [1.82, 2.24) is 0 Å². The summed E-state index contributed by atoms with van der Waals surface area (Å²) in [7, 11) is 1.43. The lowest BCUT2D eigenvalue weighted by atomic mass is 10.9. The van der Waals surface area contributed by atoms with Crippen molar-refractivity contribution < 1.29 is 4.74 Å². The maximum absolute atomic E-state index is 4.80. The van der Waals surface area contributed by atoms with Crippen LogP contribution in [-0.2, 0) is 4.74 Å². The molecule has 0 saturated carbocycles. The second-order valence-electron chi connectivity index (χ2n) is 0.523. The van der Waals surface area contributed by atoms with Crippen LogP contribution in [0, 0.1) is 6.92 Å². The molecule has 0 fully saturated rings. The number of ether oxygens (including phenoxy) is 1. The van der Waals surface area contributed by atoms with E-state index in [0.29, 0.717) is 0 Å². The first-order chi connectivity index (χ1) is 2.27. The zero-order valence-electron chi connectivity index (χ0n) is 2.89. The Morgan fingerprint density at radius 3 is 2.20 bits per heavy atom. The van der Waals surface area contributed by atoms with Gasteiger partial charge in [0.05, 0.1) is 14.0 Å². The summed E-state index contributed by atoms with van der Waals surface area (Å²) in [5.41, 5.74) is 0. The molecule has 2 heteroatoms. The van der Waals surface area contributed by atoms with Crippen molar-refractivity contribution in [2.75, 3.05) is 7.11 Å². The molecule has 0 bridgehead atoms. The molecule has 0 saturated heterocycles. The normalized spacial score (nSPS) is 6.80. The number of hydrogen-bond donors (Lipinski definition) is 0. The lowest BCUT2D eigenvalue weighted by Crippen LogP contribution is -1.85. The molecule has 0 spiro atoms. The quantitative estimate of drug-likeness (QED) is 0.402. The van der Waals surface area contributed by atoms with Crippen LogP contribution in [0.25, 0.3) is 0 Å². The van der Waals surface area contributed by atoms with Crippen LogP contribution >= 0.6 is 12.2 Å². The number of hydrogen-bond acceptors (Lipinski definition) is 2. The van der Waals surface area contributed by atoms with Gasteiger partial charge in [0.1, 0.15) is 0 Å². The Morgan fingerprint density at radius 1 is 2.00 bits per heavy atom. The third kappa shape index (κ3) is 3.89. The third-order valence-electron chi connectivity index (χ3n) is 0.201. The van der Waals surface area contributed by atoms with Gasteiger partial charge in [0.2, 0.25) is 0 Å². The summed E-state index contributed by atoms with van der Waals surface area (Å²) in [4.78, 5) is 0. The van der Waals surface area contributed by atoms with E-state index in [1.807, 2.05) is 0 Å². The van der Waals surface area contributed by atoms with Gasteiger partial charge in [0, 0.05) is 0 Å². The topological polar surface area (TPSA) is 9.23 Å². The van der Waals surface area contributed by atoms with Gasteiger partial charge in [-0.1, -0.05) is 0 Å². The van der Waals surface area contributed by atoms with Crippen LogP contribution in [0.3, 0.4) is 0 Å². The van der Waals surface area contributed by atoms with E-state index in [9.17, 15) is 0 Å². The molecule has 0 unspecified atom stereocenters. The molecule has 0 amide bonds. The second kappa shape index (κ2) is 2.15. The molecule has 1 nitrogen and oxygen atoms in total. The lowest BCUT2D eigenvalue weighted by Gasteiger charge is -1.84. The maximum atomic E-state index is 4.80. The van der Waals surface area contributed by atoms with E-state index in [4.69, 9.17) is 6.92 Å². The Bertz CT molecular complexity index is 42.2. The summed E-state index contributed by atoms with van der Waals surface area (Å²) in [6, 6.07) is 0. The summed E-state index contributed by atoms with van der Waals surface area (Å²) >= 11 is 4.25. The Balaban J connectivity index is 2.85. The van der Waals surface area contributed by atoms with E-state index in [-0.39, 0.29) is 5.05 Å². The molecule has 0 aromatic rings. The van der Waals surface area contributed by atoms with Crippen molar-refractivity contribution in [3.8, 4) is 0 Å². The minimum Gasteiger partial charge on any atom is -0.490 e. The van der Waals surface area contributed by atoms with Crippen LogP contribution < -0.4 is 0 Å². The fourth-order valence-corrected chi connectivity index (χ4v) is 0. The summed E-state index contributed by atoms with van der Waals surface area (Å²) in [5, 5.41) is 0.0880. The minimum absolute atomic E-state index is 0.0880. The van der Waals surface area contributed by atoms with Crippen LogP contribution in [0.15, 0.2) is 0 Å². The molecule has 0 aliphatic carbocycles. The Labute approximate surface area is 36.9 Å². The maximum Gasteiger partial charge on any atom is 0.163 e. The van der Waals surface area contributed by atoms with Gasteiger partial charge in [-0.05, 0) is 12.2 Å². The van der Waals surface area contributed by atoms with Crippen LogP contribution in [0.4, 0.5) is 0 Å². The average molecular weight is 88.1 g/mol. The summed E-state index contributed by atoms with van der Waals surface area (Å²) in [5.74, 6) is 0. The van der Waals surface area contributed by atoms with E-state index in [0.717, 1.165) is 0 Å². The molecule has 0 aromatic heterocycles. The van der Waals surface area contributed by atoms with Gasteiger partial charge < -0.3 is 4.74 Å². The Morgan fingerprint density at radius 2 is 2.20 bits per heavy atom. The molecular weight excluding hydrogens is 84.1 g/mol. The number of rotatable bonds is 0. The molecule has 0 rings (SSSR count). The monoisotopic (exact) mass is 88.0 g/mol. The standard InChI is InChI=1S/C3H4OS/c1-3(5)4-2/h1H,2H3. The van der Waals surface area contributed by atoms with Gasteiger partial charge in [0.25, 0.3) is 0 Å². The predicted molar refractivity (Wildman–Crippen MR) is 23.9 cm³/mol. The van der Waals surface area contributed by atoms with Crippen molar-refractivity contribution in [2.45, 2.75) is 0 Å². The van der Waals surface area contributed by atoms with Gasteiger partial charge in [-0.3, -0.25) is 0 Å². The van der Waals surface area contributed by atoms with Gasteiger partial charge in [-0.15, -0.1) is 0 Å². The van der Waals surface area contributed by atoms with Crippen molar-refractivity contribution in [3.05, 3.63) is 6.92 Å². The SMILES string of the molecule is [CH]C(=S)OC. The zero-order chi connectivity index (χ0) is 4.28. The van der Waals surface area contributed by atoms with Gasteiger partial charge in [-0.2, -0.15) is 0 Å². The highest BCUT2D eigenvalue weighted by atomic mass is 32.1. The highest BCUT2D eigenvalue weighted by Crippen LogP contribution is 1.67. The number of thiocarbonyl (C=S) groups is 1. The van der Waals surface area contributed by atoms with Gasteiger partial charge >= 0.3 is 0 Å². The Kier molecular flexibility index (Phi) is 2.10. The van der Waals surface area contributed by atoms with Crippen LogP contribution in [0.5, 0.6) is 0 Å². The second-order valence-corrected chi connectivity index (χ2v) is 0.926. The zero-order valence-corrected chi connectivity index (χ0v) is 3.71. The first-order valence-corrected chi connectivity index (χ1v) is 1.51. The molecule has 0 N–H and O–H groups in total. The molecule has 2 radical (unpaired) electrons. The van der Waals surface area contributed by atoms with Gasteiger partial charge in [-0.25, -0.2) is 0 Å². The van der Waals surface area contributed by atoms with Crippen molar-refractivity contribution in [1.29, 1.82) is 0 Å². The molecule has 0 atom stereocenters. The molecular formula is C3H4OS. The lowest BCUT2D eigenvalue weighted by molar-refractivity contribution is 0.417. The number of methoxy groups -OCH3 is 1. The van der Waals surface area contributed by atoms with Gasteiger partial charge in [0.15, 0.2) is 5.05 Å². The van der Waals surface area contributed by atoms with E-state index >= 15 is 0 Å². The first-order valence-electron chi connectivity index (χ1n) is 1.11. The fraction of sp³-hybridized carbons (Fsp3) is 0.333. The molecule has 0 heterocycles. The molecule has 0 aliphatic rings. The Hall–Kier alpha value is -0.110. The highest BCUT2D eigenvalue weighted by molar-refractivity contribution is 7.80. The summed E-state index contributed by atoms with van der Waals surface area (Å²) < 4.78 is 4.26. The highest BCUT2D eigenvalue weighted by Gasteiger charge is 1.70. The smallest absolute Gasteiger partial charge is 0.163 e. The fourth-order valence-electron chi connectivity index (χ4n) is 0. The average Bonchev–Trinajstić information content (AvgIpc) is 1.38.